The second-order valence-corrected chi connectivity index (χ2v) is 4.77. The van der Waals surface area contributed by atoms with Gasteiger partial charge < -0.3 is 4.74 Å². The van der Waals surface area contributed by atoms with E-state index in [1.165, 1.54) is 5.56 Å². The molecule has 0 amide bonds. The fourth-order valence-electron chi connectivity index (χ4n) is 1.85. The van der Waals surface area contributed by atoms with Crippen LogP contribution in [0.3, 0.4) is 0 Å². The van der Waals surface area contributed by atoms with Crippen LogP contribution in [0.2, 0.25) is 0 Å². The topological polar surface area (TPSA) is 58.8 Å². The van der Waals surface area contributed by atoms with Crippen molar-refractivity contribution in [3.05, 3.63) is 47.3 Å². The van der Waals surface area contributed by atoms with Crippen molar-refractivity contribution in [2.45, 2.75) is 33.1 Å². The first kappa shape index (κ1) is 14.0. The van der Waals surface area contributed by atoms with Gasteiger partial charge in [0.15, 0.2) is 0 Å². The first-order chi connectivity index (χ1) is 9.62. The van der Waals surface area contributed by atoms with Gasteiger partial charge in [-0.25, -0.2) is 4.98 Å². The Morgan fingerprint density at radius 2 is 1.95 bits per heavy atom. The van der Waals surface area contributed by atoms with Gasteiger partial charge in [0.2, 0.25) is 0 Å². The number of hydrogen-bond donors (Lipinski definition) is 0. The highest BCUT2D eigenvalue weighted by atomic mass is 16.5. The molecule has 4 heteroatoms. The molecule has 1 atom stereocenters. The number of nitriles is 1. The maximum absolute atomic E-state index is 8.88. The maximum atomic E-state index is 8.88. The number of aryl methyl sites for hydroxylation is 1. The fourth-order valence-corrected chi connectivity index (χ4v) is 1.85. The second-order valence-electron chi connectivity index (χ2n) is 4.77. The largest absolute Gasteiger partial charge is 0.424 e. The van der Waals surface area contributed by atoms with Crippen LogP contribution in [0.1, 0.15) is 43.1 Å². The normalized spacial score (nSPS) is 11.7. The number of nitrogens with zero attached hydrogens (tertiary/aromatic N) is 3. The van der Waals surface area contributed by atoms with Gasteiger partial charge in [-0.2, -0.15) is 10.2 Å². The smallest absolute Gasteiger partial charge is 0.323 e. The zero-order chi connectivity index (χ0) is 14.5. The van der Waals surface area contributed by atoms with Crippen molar-refractivity contribution in [2.24, 2.45) is 0 Å². The van der Waals surface area contributed by atoms with E-state index in [0.29, 0.717) is 23.1 Å². The quantitative estimate of drug-likeness (QED) is 0.841. The van der Waals surface area contributed by atoms with E-state index in [1.54, 1.807) is 13.0 Å². The van der Waals surface area contributed by atoms with Gasteiger partial charge >= 0.3 is 6.01 Å². The van der Waals surface area contributed by atoms with Crippen LogP contribution >= 0.6 is 0 Å². The van der Waals surface area contributed by atoms with Crippen molar-refractivity contribution in [1.29, 1.82) is 5.26 Å². The molecule has 1 heterocycles. The molecule has 1 unspecified atom stereocenters. The zero-order valence-corrected chi connectivity index (χ0v) is 11.9. The summed E-state index contributed by atoms with van der Waals surface area (Å²) >= 11 is 0. The van der Waals surface area contributed by atoms with Gasteiger partial charge in [-0.1, -0.05) is 26.0 Å². The van der Waals surface area contributed by atoms with Crippen LogP contribution in [0.4, 0.5) is 0 Å². The standard InChI is InChI=1S/C16H17N3O/c1-4-11(2)13-5-7-15(8-6-13)20-16-18-12(3)9-14(10-17)19-16/h5-9,11H,4H2,1-3H3. The van der Waals surface area contributed by atoms with Gasteiger partial charge in [-0.15, -0.1) is 0 Å². The van der Waals surface area contributed by atoms with E-state index in [4.69, 9.17) is 10.00 Å². The van der Waals surface area contributed by atoms with Gasteiger partial charge in [0.1, 0.15) is 17.5 Å². The Kier molecular flexibility index (Phi) is 4.31. The van der Waals surface area contributed by atoms with E-state index >= 15 is 0 Å². The van der Waals surface area contributed by atoms with E-state index in [2.05, 4.69) is 23.8 Å². The molecule has 0 aliphatic carbocycles. The van der Waals surface area contributed by atoms with E-state index in [0.717, 1.165) is 6.42 Å². The third-order valence-corrected chi connectivity index (χ3v) is 3.22. The number of benzene rings is 1. The lowest BCUT2D eigenvalue weighted by Crippen LogP contribution is -1.97. The van der Waals surface area contributed by atoms with Gasteiger partial charge in [-0.3, -0.25) is 0 Å². The molecule has 4 nitrogen and oxygen atoms in total. The molecule has 0 bridgehead atoms. The van der Waals surface area contributed by atoms with Crippen molar-refractivity contribution in [3.8, 4) is 17.8 Å². The number of rotatable bonds is 4. The van der Waals surface area contributed by atoms with Crippen molar-refractivity contribution < 1.29 is 4.74 Å². The maximum Gasteiger partial charge on any atom is 0.323 e. The van der Waals surface area contributed by atoms with Crippen molar-refractivity contribution in [1.82, 2.24) is 9.97 Å². The van der Waals surface area contributed by atoms with Crippen molar-refractivity contribution in [2.75, 3.05) is 0 Å². The first-order valence-corrected chi connectivity index (χ1v) is 6.66. The highest BCUT2D eigenvalue weighted by Gasteiger charge is 2.06. The van der Waals surface area contributed by atoms with E-state index in [1.807, 2.05) is 30.3 Å². The molecule has 2 rings (SSSR count). The summed E-state index contributed by atoms with van der Waals surface area (Å²) in [5.74, 6) is 1.20. The molecular weight excluding hydrogens is 250 g/mol. The predicted molar refractivity (Wildman–Crippen MR) is 76.7 cm³/mol. The average molecular weight is 267 g/mol. The van der Waals surface area contributed by atoms with Crippen LogP contribution in [-0.4, -0.2) is 9.97 Å². The predicted octanol–water partition coefficient (Wildman–Crippen LogP) is 3.96. The number of aromatic nitrogens is 2. The number of hydrogen-bond acceptors (Lipinski definition) is 4. The molecule has 0 spiro atoms. The van der Waals surface area contributed by atoms with Gasteiger partial charge in [0, 0.05) is 5.69 Å². The van der Waals surface area contributed by atoms with E-state index in [9.17, 15) is 0 Å². The van der Waals surface area contributed by atoms with Crippen LogP contribution in [0.25, 0.3) is 0 Å². The van der Waals surface area contributed by atoms with Crippen LogP contribution in [-0.2, 0) is 0 Å². The summed E-state index contributed by atoms with van der Waals surface area (Å²) in [6.45, 7) is 6.17. The summed E-state index contributed by atoms with van der Waals surface area (Å²) in [7, 11) is 0. The Balaban J connectivity index is 2.18. The van der Waals surface area contributed by atoms with E-state index < -0.39 is 0 Å². The minimum atomic E-state index is 0.206. The fraction of sp³-hybridized carbons (Fsp3) is 0.312. The third kappa shape index (κ3) is 3.33. The monoisotopic (exact) mass is 267 g/mol. The number of ether oxygens (including phenoxy) is 1. The SMILES string of the molecule is CCC(C)c1ccc(Oc2nc(C)cc(C#N)n2)cc1. The second kappa shape index (κ2) is 6.16. The van der Waals surface area contributed by atoms with Gasteiger partial charge in [0.05, 0.1) is 0 Å². The molecule has 2 aromatic rings. The highest BCUT2D eigenvalue weighted by molar-refractivity contribution is 5.32. The summed E-state index contributed by atoms with van der Waals surface area (Å²) in [6.07, 6.45) is 1.10. The molecule has 102 valence electrons. The van der Waals surface area contributed by atoms with Gasteiger partial charge in [0.25, 0.3) is 0 Å². The van der Waals surface area contributed by atoms with Gasteiger partial charge in [-0.05, 0) is 43.0 Å². The summed E-state index contributed by atoms with van der Waals surface area (Å²) in [5.41, 5.74) is 2.30. The molecule has 20 heavy (non-hydrogen) atoms. The Bertz CT molecular complexity index is 629. The minimum Gasteiger partial charge on any atom is -0.424 e. The van der Waals surface area contributed by atoms with E-state index in [-0.39, 0.29) is 6.01 Å². The average Bonchev–Trinajstić information content (AvgIpc) is 2.46. The molecule has 0 fully saturated rings. The van der Waals surface area contributed by atoms with Crippen LogP contribution in [0.5, 0.6) is 11.8 Å². The van der Waals surface area contributed by atoms with Crippen LogP contribution < -0.4 is 4.74 Å². The molecule has 0 N–H and O–H groups in total. The third-order valence-electron chi connectivity index (χ3n) is 3.22. The first-order valence-electron chi connectivity index (χ1n) is 6.66. The minimum absolute atomic E-state index is 0.206. The molecule has 1 aromatic carbocycles. The van der Waals surface area contributed by atoms with Crippen molar-refractivity contribution in [3.63, 3.8) is 0 Å². The molecule has 0 radical (unpaired) electrons. The van der Waals surface area contributed by atoms with Crippen molar-refractivity contribution >= 4 is 0 Å². The molecule has 0 aliphatic heterocycles. The summed E-state index contributed by atoms with van der Waals surface area (Å²) in [5, 5.41) is 8.88. The highest BCUT2D eigenvalue weighted by Crippen LogP contribution is 2.23. The lowest BCUT2D eigenvalue weighted by atomic mass is 9.99. The molecular formula is C16H17N3O. The van der Waals surface area contributed by atoms with Crippen LogP contribution in [0.15, 0.2) is 30.3 Å². The molecule has 0 saturated carbocycles. The molecule has 0 saturated heterocycles. The lowest BCUT2D eigenvalue weighted by Gasteiger charge is -2.10. The lowest BCUT2D eigenvalue weighted by molar-refractivity contribution is 0.439. The summed E-state index contributed by atoms with van der Waals surface area (Å²) < 4.78 is 5.60. The Hall–Kier alpha value is -2.41. The zero-order valence-electron chi connectivity index (χ0n) is 11.9. The summed E-state index contributed by atoms with van der Waals surface area (Å²) in [6, 6.07) is 11.7. The molecule has 1 aromatic heterocycles. The Morgan fingerprint density at radius 3 is 2.55 bits per heavy atom. The summed E-state index contributed by atoms with van der Waals surface area (Å²) in [4.78, 5) is 8.19. The Morgan fingerprint density at radius 1 is 1.25 bits per heavy atom. The Labute approximate surface area is 119 Å². The molecule has 0 aliphatic rings. The van der Waals surface area contributed by atoms with Crippen LogP contribution in [0, 0.1) is 18.3 Å².